The van der Waals surface area contributed by atoms with Crippen LogP contribution in [0.4, 0.5) is 0 Å². The molecule has 15 heavy (non-hydrogen) atoms. The molecule has 0 bridgehead atoms. The number of unbranched alkanes of at least 4 members (excludes halogenated alkanes) is 1. The fraction of sp³-hybridized carbons (Fsp3) is 0.692. The molecular weight excluding hydrogens is 188 g/mol. The van der Waals surface area contributed by atoms with Crippen LogP contribution in [0, 0.1) is 6.92 Å². The van der Waals surface area contributed by atoms with Gasteiger partial charge in [-0.05, 0) is 13.3 Å². The second-order valence-electron chi connectivity index (χ2n) is 4.74. The third-order valence-corrected chi connectivity index (χ3v) is 2.81. The number of methoxy groups -OCH3 is 1. The van der Waals surface area contributed by atoms with Crippen molar-refractivity contribution in [1.82, 2.24) is 0 Å². The van der Waals surface area contributed by atoms with Gasteiger partial charge < -0.3 is 9.15 Å². The Labute approximate surface area is 92.6 Å². The van der Waals surface area contributed by atoms with E-state index in [1.165, 1.54) is 12.8 Å². The van der Waals surface area contributed by atoms with Crippen LogP contribution in [-0.2, 0) is 5.41 Å². The summed E-state index contributed by atoms with van der Waals surface area (Å²) in [5, 5.41) is 0. The molecule has 86 valence electrons. The SMILES string of the molecule is CCCCC(C)(C)c1oc(C)cc1OC. The Hall–Kier alpha value is -0.920. The second kappa shape index (κ2) is 4.73. The molecular formula is C13H22O2. The molecule has 0 unspecified atom stereocenters. The van der Waals surface area contributed by atoms with Gasteiger partial charge in [-0.1, -0.05) is 33.6 Å². The number of hydrogen-bond acceptors (Lipinski definition) is 2. The Balaban J connectivity index is 2.91. The van der Waals surface area contributed by atoms with Gasteiger partial charge >= 0.3 is 0 Å². The predicted molar refractivity (Wildman–Crippen MR) is 62.5 cm³/mol. The van der Waals surface area contributed by atoms with E-state index in [2.05, 4.69) is 20.8 Å². The fourth-order valence-electron chi connectivity index (χ4n) is 1.85. The largest absolute Gasteiger partial charge is 0.493 e. The summed E-state index contributed by atoms with van der Waals surface area (Å²) in [7, 11) is 1.70. The van der Waals surface area contributed by atoms with E-state index in [0.717, 1.165) is 23.7 Å². The minimum Gasteiger partial charge on any atom is -0.493 e. The summed E-state index contributed by atoms with van der Waals surface area (Å²) in [5.74, 6) is 2.79. The summed E-state index contributed by atoms with van der Waals surface area (Å²) in [4.78, 5) is 0. The van der Waals surface area contributed by atoms with Gasteiger partial charge in [0, 0.05) is 11.5 Å². The van der Waals surface area contributed by atoms with Gasteiger partial charge in [0.05, 0.1) is 7.11 Å². The molecule has 0 amide bonds. The maximum atomic E-state index is 5.74. The van der Waals surface area contributed by atoms with Crippen molar-refractivity contribution in [2.24, 2.45) is 0 Å². The Kier molecular flexibility index (Phi) is 3.83. The van der Waals surface area contributed by atoms with E-state index in [1.807, 2.05) is 13.0 Å². The Morgan fingerprint density at radius 1 is 1.40 bits per heavy atom. The van der Waals surface area contributed by atoms with Crippen LogP contribution in [0.1, 0.15) is 51.6 Å². The second-order valence-corrected chi connectivity index (χ2v) is 4.74. The lowest BCUT2D eigenvalue weighted by Gasteiger charge is -2.22. The third kappa shape index (κ3) is 2.77. The Bertz CT molecular complexity index is 310. The predicted octanol–water partition coefficient (Wildman–Crippen LogP) is 4.06. The first-order valence-electron chi connectivity index (χ1n) is 5.66. The zero-order valence-electron chi connectivity index (χ0n) is 10.5. The Morgan fingerprint density at radius 3 is 2.60 bits per heavy atom. The van der Waals surface area contributed by atoms with Gasteiger partial charge in [-0.25, -0.2) is 0 Å². The van der Waals surface area contributed by atoms with Gasteiger partial charge in [0.2, 0.25) is 0 Å². The van der Waals surface area contributed by atoms with Crippen molar-refractivity contribution in [3.8, 4) is 5.75 Å². The van der Waals surface area contributed by atoms with Crippen LogP contribution in [-0.4, -0.2) is 7.11 Å². The van der Waals surface area contributed by atoms with Crippen LogP contribution in [0.3, 0.4) is 0 Å². The molecule has 1 aromatic heterocycles. The first kappa shape index (κ1) is 12.2. The highest BCUT2D eigenvalue weighted by Gasteiger charge is 2.28. The molecule has 1 heterocycles. The normalized spacial score (nSPS) is 11.8. The number of aryl methyl sites for hydroxylation is 1. The maximum absolute atomic E-state index is 5.74. The van der Waals surface area contributed by atoms with Crippen molar-refractivity contribution in [2.45, 2.75) is 52.4 Å². The molecule has 0 N–H and O–H groups in total. The van der Waals surface area contributed by atoms with Crippen LogP contribution in [0.25, 0.3) is 0 Å². The fourth-order valence-corrected chi connectivity index (χ4v) is 1.85. The molecule has 0 saturated carbocycles. The lowest BCUT2D eigenvalue weighted by atomic mass is 9.84. The highest BCUT2D eigenvalue weighted by molar-refractivity contribution is 5.33. The summed E-state index contributed by atoms with van der Waals surface area (Å²) >= 11 is 0. The minimum absolute atomic E-state index is 0.0651. The average Bonchev–Trinajstić information content (AvgIpc) is 2.57. The minimum atomic E-state index is 0.0651. The van der Waals surface area contributed by atoms with E-state index in [9.17, 15) is 0 Å². The van der Waals surface area contributed by atoms with Crippen molar-refractivity contribution in [2.75, 3.05) is 7.11 Å². The molecule has 0 aromatic carbocycles. The number of rotatable bonds is 5. The van der Waals surface area contributed by atoms with Crippen molar-refractivity contribution in [3.05, 3.63) is 17.6 Å². The number of furan rings is 1. The van der Waals surface area contributed by atoms with E-state index >= 15 is 0 Å². The van der Waals surface area contributed by atoms with Crippen LogP contribution in [0.15, 0.2) is 10.5 Å². The van der Waals surface area contributed by atoms with E-state index in [-0.39, 0.29) is 5.41 Å². The van der Waals surface area contributed by atoms with Crippen molar-refractivity contribution in [3.63, 3.8) is 0 Å². The highest BCUT2D eigenvalue weighted by Crippen LogP contribution is 2.37. The number of hydrogen-bond donors (Lipinski definition) is 0. The van der Waals surface area contributed by atoms with E-state index in [1.54, 1.807) is 7.11 Å². The topological polar surface area (TPSA) is 22.4 Å². The van der Waals surface area contributed by atoms with Crippen LogP contribution >= 0.6 is 0 Å². The average molecular weight is 210 g/mol. The van der Waals surface area contributed by atoms with Gasteiger partial charge in [0.25, 0.3) is 0 Å². The summed E-state index contributed by atoms with van der Waals surface area (Å²) in [6, 6.07) is 1.96. The van der Waals surface area contributed by atoms with Crippen LogP contribution < -0.4 is 4.74 Å². The molecule has 0 atom stereocenters. The molecule has 0 aliphatic heterocycles. The molecule has 0 spiro atoms. The van der Waals surface area contributed by atoms with Gasteiger partial charge in [-0.2, -0.15) is 0 Å². The van der Waals surface area contributed by atoms with Crippen molar-refractivity contribution < 1.29 is 9.15 Å². The summed E-state index contributed by atoms with van der Waals surface area (Å²) in [6.07, 6.45) is 3.56. The molecule has 1 rings (SSSR count). The summed E-state index contributed by atoms with van der Waals surface area (Å²) in [5.41, 5.74) is 0.0651. The lowest BCUT2D eigenvalue weighted by molar-refractivity contribution is 0.316. The van der Waals surface area contributed by atoms with Crippen LogP contribution in [0.2, 0.25) is 0 Å². The monoisotopic (exact) mass is 210 g/mol. The molecule has 0 saturated heterocycles. The van der Waals surface area contributed by atoms with Gasteiger partial charge in [-0.15, -0.1) is 0 Å². The van der Waals surface area contributed by atoms with E-state index < -0.39 is 0 Å². The molecule has 0 radical (unpaired) electrons. The van der Waals surface area contributed by atoms with E-state index in [4.69, 9.17) is 9.15 Å². The lowest BCUT2D eigenvalue weighted by Crippen LogP contribution is -2.16. The third-order valence-electron chi connectivity index (χ3n) is 2.81. The number of ether oxygens (including phenoxy) is 1. The first-order chi connectivity index (χ1) is 7.01. The summed E-state index contributed by atoms with van der Waals surface area (Å²) < 4.78 is 11.1. The zero-order valence-corrected chi connectivity index (χ0v) is 10.5. The van der Waals surface area contributed by atoms with Gasteiger partial charge in [0.15, 0.2) is 11.5 Å². The van der Waals surface area contributed by atoms with Crippen molar-refractivity contribution >= 4 is 0 Å². The standard InChI is InChI=1S/C13H22O2/c1-6-7-8-13(3,4)12-11(14-5)9-10(2)15-12/h9H,6-8H2,1-5H3. The van der Waals surface area contributed by atoms with E-state index in [0.29, 0.717) is 0 Å². The maximum Gasteiger partial charge on any atom is 0.160 e. The molecule has 0 aliphatic carbocycles. The Morgan fingerprint density at radius 2 is 2.07 bits per heavy atom. The molecule has 0 fully saturated rings. The first-order valence-corrected chi connectivity index (χ1v) is 5.66. The molecule has 2 nitrogen and oxygen atoms in total. The van der Waals surface area contributed by atoms with Gasteiger partial charge in [-0.3, -0.25) is 0 Å². The van der Waals surface area contributed by atoms with Gasteiger partial charge in [0.1, 0.15) is 5.76 Å². The van der Waals surface area contributed by atoms with Crippen LogP contribution in [0.5, 0.6) is 5.75 Å². The van der Waals surface area contributed by atoms with Crippen molar-refractivity contribution in [1.29, 1.82) is 0 Å². The highest BCUT2D eigenvalue weighted by atomic mass is 16.5. The summed E-state index contributed by atoms with van der Waals surface area (Å²) in [6.45, 7) is 8.59. The molecule has 1 aromatic rings. The molecule has 2 heteroatoms. The quantitative estimate of drug-likeness (QED) is 0.731. The zero-order chi connectivity index (χ0) is 11.5. The molecule has 0 aliphatic rings. The smallest absolute Gasteiger partial charge is 0.160 e.